The summed E-state index contributed by atoms with van der Waals surface area (Å²) in [6.07, 6.45) is 6.18. The number of aromatic nitrogens is 3. The molecule has 1 atom stereocenters. The molecule has 1 aromatic carbocycles. The summed E-state index contributed by atoms with van der Waals surface area (Å²) in [5.41, 5.74) is 3.40. The highest BCUT2D eigenvalue weighted by Crippen LogP contribution is 2.24. The summed E-state index contributed by atoms with van der Waals surface area (Å²) in [4.78, 5) is 8.93. The molecule has 20 heavy (non-hydrogen) atoms. The topological polar surface area (TPSA) is 42.7 Å². The van der Waals surface area contributed by atoms with Crippen LogP contribution in [0.5, 0.6) is 0 Å². The molecule has 0 spiro atoms. The van der Waals surface area contributed by atoms with Gasteiger partial charge in [-0.1, -0.05) is 12.1 Å². The Kier molecular flexibility index (Phi) is 2.74. The van der Waals surface area contributed by atoms with E-state index in [0.29, 0.717) is 6.04 Å². The van der Waals surface area contributed by atoms with Gasteiger partial charge < -0.3 is 5.32 Å². The molecule has 4 rings (SSSR count). The van der Waals surface area contributed by atoms with E-state index in [-0.39, 0.29) is 0 Å². The molecule has 1 fully saturated rings. The lowest BCUT2D eigenvalue weighted by molar-refractivity contribution is 0.646. The third-order valence-electron chi connectivity index (χ3n) is 3.93. The van der Waals surface area contributed by atoms with Crippen molar-refractivity contribution < 1.29 is 0 Å². The highest BCUT2D eigenvalue weighted by molar-refractivity contribution is 5.76. The summed E-state index contributed by atoms with van der Waals surface area (Å²) in [6.45, 7) is 1.11. The maximum atomic E-state index is 4.50. The molecule has 4 heteroatoms. The molecule has 1 unspecified atom stereocenters. The minimum Gasteiger partial charge on any atom is -0.310 e. The predicted octanol–water partition coefficient (Wildman–Crippen LogP) is 2.84. The van der Waals surface area contributed by atoms with Crippen LogP contribution in [0.2, 0.25) is 0 Å². The average Bonchev–Trinajstić information content (AvgIpc) is 3.17. The van der Waals surface area contributed by atoms with Gasteiger partial charge in [0, 0.05) is 12.2 Å². The number of rotatable bonds is 2. The van der Waals surface area contributed by atoms with Crippen molar-refractivity contribution in [1.82, 2.24) is 19.9 Å². The van der Waals surface area contributed by atoms with E-state index in [1.165, 1.54) is 18.4 Å². The third-order valence-corrected chi connectivity index (χ3v) is 3.93. The van der Waals surface area contributed by atoms with Crippen molar-refractivity contribution in [3.8, 4) is 5.82 Å². The highest BCUT2D eigenvalue weighted by atomic mass is 15.1. The largest absolute Gasteiger partial charge is 0.310 e. The quantitative estimate of drug-likeness (QED) is 0.774. The number of nitrogens with one attached hydrogen (secondary N) is 1. The minimum absolute atomic E-state index is 0.464. The van der Waals surface area contributed by atoms with Crippen LogP contribution in [0.3, 0.4) is 0 Å². The van der Waals surface area contributed by atoms with Gasteiger partial charge in [0.05, 0.1) is 11.0 Å². The third kappa shape index (κ3) is 1.89. The first-order chi connectivity index (χ1) is 9.92. The Morgan fingerprint density at radius 1 is 1.15 bits per heavy atom. The van der Waals surface area contributed by atoms with E-state index >= 15 is 0 Å². The van der Waals surface area contributed by atoms with Crippen LogP contribution in [0.4, 0.5) is 0 Å². The summed E-state index contributed by atoms with van der Waals surface area (Å²) in [6, 6.07) is 12.9. The first-order valence-electron chi connectivity index (χ1n) is 7.03. The van der Waals surface area contributed by atoms with Crippen LogP contribution in [0.25, 0.3) is 16.9 Å². The number of hydrogen-bond acceptors (Lipinski definition) is 3. The lowest BCUT2D eigenvalue weighted by Crippen LogP contribution is -2.13. The van der Waals surface area contributed by atoms with Gasteiger partial charge in [0.25, 0.3) is 0 Å². The van der Waals surface area contributed by atoms with Crippen LogP contribution in [-0.2, 0) is 0 Å². The number of pyridine rings is 1. The minimum atomic E-state index is 0.464. The molecule has 1 N–H and O–H groups in total. The fourth-order valence-corrected chi connectivity index (χ4v) is 2.89. The molecular weight excluding hydrogens is 248 g/mol. The smallest absolute Gasteiger partial charge is 0.138 e. The lowest BCUT2D eigenvalue weighted by Gasteiger charge is -2.12. The molecule has 0 radical (unpaired) electrons. The molecule has 0 bridgehead atoms. The molecule has 0 aliphatic carbocycles. The van der Waals surface area contributed by atoms with Crippen LogP contribution in [0.1, 0.15) is 24.4 Å². The van der Waals surface area contributed by atoms with E-state index in [2.05, 4.69) is 33.5 Å². The average molecular weight is 264 g/mol. The normalized spacial score (nSPS) is 18.7. The van der Waals surface area contributed by atoms with Crippen LogP contribution in [0, 0.1) is 0 Å². The Hall–Kier alpha value is -2.20. The van der Waals surface area contributed by atoms with Gasteiger partial charge in [-0.15, -0.1) is 0 Å². The van der Waals surface area contributed by atoms with Crippen LogP contribution in [-0.4, -0.2) is 21.1 Å². The van der Waals surface area contributed by atoms with Crippen molar-refractivity contribution in [1.29, 1.82) is 0 Å². The molecule has 1 saturated heterocycles. The molecule has 0 saturated carbocycles. The van der Waals surface area contributed by atoms with Crippen molar-refractivity contribution in [3.05, 3.63) is 54.5 Å². The van der Waals surface area contributed by atoms with Crippen LogP contribution >= 0.6 is 0 Å². The number of nitrogens with zero attached hydrogens (tertiary/aromatic N) is 3. The Labute approximate surface area is 117 Å². The number of fused-ring (bicyclic) bond motifs is 1. The standard InChI is InChI=1S/C16H16N4/c1-2-6-15-14(4-1)19-11-20(15)16-10-12(7-9-18-16)13-5-3-8-17-13/h1-2,4,6-7,9-11,13,17H,3,5,8H2. The van der Waals surface area contributed by atoms with Gasteiger partial charge in [0.2, 0.25) is 0 Å². The maximum Gasteiger partial charge on any atom is 0.138 e. The fourth-order valence-electron chi connectivity index (χ4n) is 2.89. The van der Waals surface area contributed by atoms with Crippen molar-refractivity contribution in [3.63, 3.8) is 0 Å². The van der Waals surface area contributed by atoms with Gasteiger partial charge in [0.1, 0.15) is 12.1 Å². The molecule has 2 aromatic heterocycles. The number of imidazole rings is 1. The summed E-state index contributed by atoms with van der Waals surface area (Å²) in [7, 11) is 0. The van der Waals surface area contributed by atoms with E-state index in [4.69, 9.17) is 0 Å². The van der Waals surface area contributed by atoms with Gasteiger partial charge in [-0.25, -0.2) is 9.97 Å². The molecule has 4 nitrogen and oxygen atoms in total. The zero-order valence-corrected chi connectivity index (χ0v) is 11.2. The maximum absolute atomic E-state index is 4.50. The van der Waals surface area contributed by atoms with Crippen molar-refractivity contribution in [2.75, 3.05) is 6.54 Å². The SMILES string of the molecule is c1ccc2c(c1)ncn2-c1cc(C2CCCN2)ccn1. The number of para-hydroxylation sites is 2. The van der Waals surface area contributed by atoms with Gasteiger partial charge >= 0.3 is 0 Å². The van der Waals surface area contributed by atoms with Crippen molar-refractivity contribution in [2.45, 2.75) is 18.9 Å². The molecule has 100 valence electrons. The Morgan fingerprint density at radius 3 is 3.00 bits per heavy atom. The van der Waals surface area contributed by atoms with Gasteiger partial charge in [-0.2, -0.15) is 0 Å². The van der Waals surface area contributed by atoms with E-state index in [0.717, 1.165) is 23.4 Å². The van der Waals surface area contributed by atoms with E-state index < -0.39 is 0 Å². The molecule has 0 amide bonds. The highest BCUT2D eigenvalue weighted by Gasteiger charge is 2.17. The molecule has 1 aliphatic heterocycles. The first-order valence-corrected chi connectivity index (χ1v) is 7.03. The number of hydrogen-bond donors (Lipinski definition) is 1. The van der Waals surface area contributed by atoms with Gasteiger partial charge in [0.15, 0.2) is 0 Å². The van der Waals surface area contributed by atoms with Gasteiger partial charge in [-0.05, 0) is 49.2 Å². The Balaban J connectivity index is 1.80. The zero-order valence-electron chi connectivity index (χ0n) is 11.2. The van der Waals surface area contributed by atoms with Crippen molar-refractivity contribution in [2.24, 2.45) is 0 Å². The fraction of sp³-hybridized carbons (Fsp3) is 0.250. The lowest BCUT2D eigenvalue weighted by atomic mass is 10.1. The Morgan fingerprint density at radius 2 is 2.10 bits per heavy atom. The summed E-state index contributed by atoms with van der Waals surface area (Å²) >= 11 is 0. The number of benzene rings is 1. The molecule has 3 heterocycles. The summed E-state index contributed by atoms with van der Waals surface area (Å²) < 4.78 is 2.05. The Bertz CT molecular complexity index is 741. The monoisotopic (exact) mass is 264 g/mol. The molecule has 3 aromatic rings. The predicted molar refractivity (Wildman–Crippen MR) is 78.8 cm³/mol. The second kappa shape index (κ2) is 4.72. The van der Waals surface area contributed by atoms with E-state index in [1.807, 2.05) is 35.3 Å². The first kappa shape index (κ1) is 11.6. The van der Waals surface area contributed by atoms with Crippen LogP contribution < -0.4 is 5.32 Å². The summed E-state index contributed by atoms with van der Waals surface area (Å²) in [5.74, 6) is 0.935. The van der Waals surface area contributed by atoms with E-state index in [1.54, 1.807) is 0 Å². The molecular formula is C16H16N4. The van der Waals surface area contributed by atoms with Crippen LogP contribution in [0.15, 0.2) is 48.9 Å². The second-order valence-corrected chi connectivity index (χ2v) is 5.20. The van der Waals surface area contributed by atoms with E-state index in [9.17, 15) is 0 Å². The molecule has 1 aliphatic rings. The van der Waals surface area contributed by atoms with Gasteiger partial charge in [-0.3, -0.25) is 4.57 Å². The zero-order chi connectivity index (χ0) is 13.4. The summed E-state index contributed by atoms with van der Waals surface area (Å²) in [5, 5.41) is 3.53. The van der Waals surface area contributed by atoms with Crippen molar-refractivity contribution >= 4 is 11.0 Å². The second-order valence-electron chi connectivity index (χ2n) is 5.20.